The van der Waals surface area contributed by atoms with E-state index >= 15 is 0 Å². The summed E-state index contributed by atoms with van der Waals surface area (Å²) in [5.41, 5.74) is 3.22. The average molecular weight is 247 g/mol. The second-order valence-electron chi connectivity index (χ2n) is 3.06. The lowest BCUT2D eigenvalue weighted by atomic mass is 10.0. The van der Waals surface area contributed by atoms with Gasteiger partial charge in [-0.1, -0.05) is 0 Å². The lowest BCUT2D eigenvalue weighted by Gasteiger charge is -2.08. The van der Waals surface area contributed by atoms with Crippen LogP contribution in [-0.4, -0.2) is 21.0 Å². The molecule has 1 heterocycles. The summed E-state index contributed by atoms with van der Waals surface area (Å²) in [5.74, 6) is -2.40. The van der Waals surface area contributed by atoms with Crippen LogP contribution >= 0.6 is 0 Å². The Hall–Kier alpha value is -2.32. The first kappa shape index (κ1) is 12.7. The standard InChI is InChI=1S/C8H7F2N3O4/c9-7(10)6-3(1-5(14)15)8(13(16)17)12-2-4(6)11/h2,7H,1,11H2,(H,14,15). The first-order valence-electron chi connectivity index (χ1n) is 4.26. The molecular formula is C8H7F2N3O4. The molecule has 0 bridgehead atoms. The van der Waals surface area contributed by atoms with E-state index < -0.39 is 46.4 Å². The molecule has 0 radical (unpaired) electrons. The zero-order chi connectivity index (χ0) is 13.2. The second kappa shape index (κ2) is 4.68. The van der Waals surface area contributed by atoms with Gasteiger partial charge in [0.05, 0.1) is 23.2 Å². The minimum Gasteiger partial charge on any atom is -0.481 e. The SMILES string of the molecule is Nc1cnc([N+](=O)[O-])c(CC(=O)O)c1C(F)F. The lowest BCUT2D eigenvalue weighted by Crippen LogP contribution is -2.11. The summed E-state index contributed by atoms with van der Waals surface area (Å²) < 4.78 is 25.3. The van der Waals surface area contributed by atoms with Gasteiger partial charge < -0.3 is 21.0 Å². The smallest absolute Gasteiger partial charge is 0.367 e. The van der Waals surface area contributed by atoms with Crippen molar-refractivity contribution in [2.75, 3.05) is 5.73 Å². The Morgan fingerprint density at radius 3 is 2.65 bits per heavy atom. The van der Waals surface area contributed by atoms with Crippen LogP contribution in [0.3, 0.4) is 0 Å². The Balaban J connectivity index is 3.49. The van der Waals surface area contributed by atoms with Crippen LogP contribution in [0.25, 0.3) is 0 Å². The molecule has 0 aliphatic carbocycles. The largest absolute Gasteiger partial charge is 0.481 e. The summed E-state index contributed by atoms with van der Waals surface area (Å²) >= 11 is 0. The summed E-state index contributed by atoms with van der Waals surface area (Å²) in [6.45, 7) is 0. The van der Waals surface area contributed by atoms with Gasteiger partial charge in [0.15, 0.2) is 6.20 Å². The van der Waals surface area contributed by atoms with Gasteiger partial charge in [0.1, 0.15) is 0 Å². The molecule has 0 saturated heterocycles. The Morgan fingerprint density at radius 1 is 1.65 bits per heavy atom. The molecule has 0 unspecified atom stereocenters. The summed E-state index contributed by atoms with van der Waals surface area (Å²) in [7, 11) is 0. The van der Waals surface area contributed by atoms with E-state index in [1.54, 1.807) is 0 Å². The van der Waals surface area contributed by atoms with Crippen molar-refractivity contribution in [3.05, 3.63) is 27.4 Å². The van der Waals surface area contributed by atoms with Gasteiger partial charge in [0.25, 0.3) is 6.43 Å². The first-order chi connectivity index (χ1) is 7.84. The molecule has 7 nitrogen and oxygen atoms in total. The van der Waals surface area contributed by atoms with Crippen LogP contribution in [0.1, 0.15) is 17.6 Å². The number of alkyl halides is 2. The Morgan fingerprint density at radius 2 is 2.24 bits per heavy atom. The molecule has 1 aromatic rings. The Kier molecular flexibility index (Phi) is 3.51. The summed E-state index contributed by atoms with van der Waals surface area (Å²) in [4.78, 5) is 23.3. The monoisotopic (exact) mass is 247 g/mol. The Bertz CT molecular complexity index is 478. The first-order valence-corrected chi connectivity index (χ1v) is 4.26. The van der Waals surface area contributed by atoms with Gasteiger partial charge in [-0.05, 0) is 9.91 Å². The van der Waals surface area contributed by atoms with Crippen molar-refractivity contribution in [1.29, 1.82) is 0 Å². The van der Waals surface area contributed by atoms with E-state index in [9.17, 15) is 23.7 Å². The molecule has 0 aliphatic rings. The highest BCUT2D eigenvalue weighted by molar-refractivity contribution is 5.74. The zero-order valence-corrected chi connectivity index (χ0v) is 8.26. The highest BCUT2D eigenvalue weighted by Crippen LogP contribution is 2.33. The minimum atomic E-state index is -3.11. The molecule has 0 spiro atoms. The number of nitrogens with two attached hydrogens (primary N) is 1. The number of carboxylic acid groups (broad SMARTS) is 1. The molecule has 1 rings (SSSR count). The number of hydrogen-bond acceptors (Lipinski definition) is 5. The fourth-order valence-corrected chi connectivity index (χ4v) is 1.31. The van der Waals surface area contributed by atoms with Gasteiger partial charge >= 0.3 is 11.8 Å². The van der Waals surface area contributed by atoms with E-state index in [4.69, 9.17) is 10.8 Å². The van der Waals surface area contributed by atoms with Gasteiger partial charge in [-0.25, -0.2) is 8.78 Å². The van der Waals surface area contributed by atoms with Gasteiger partial charge in [0.2, 0.25) is 0 Å². The van der Waals surface area contributed by atoms with Crippen LogP contribution < -0.4 is 5.73 Å². The maximum Gasteiger partial charge on any atom is 0.367 e. The Labute approximate surface area is 93.0 Å². The predicted molar refractivity (Wildman–Crippen MR) is 51.6 cm³/mol. The molecule has 0 aromatic carbocycles. The third-order valence-corrected chi connectivity index (χ3v) is 1.95. The van der Waals surface area contributed by atoms with E-state index in [1.807, 2.05) is 0 Å². The van der Waals surface area contributed by atoms with Crippen molar-refractivity contribution in [3.8, 4) is 0 Å². The second-order valence-corrected chi connectivity index (χ2v) is 3.06. The normalized spacial score (nSPS) is 10.5. The number of hydrogen-bond donors (Lipinski definition) is 2. The summed E-state index contributed by atoms with van der Waals surface area (Å²) in [5, 5.41) is 19.1. The fourth-order valence-electron chi connectivity index (χ4n) is 1.31. The van der Waals surface area contributed by atoms with Crippen molar-refractivity contribution < 1.29 is 23.6 Å². The van der Waals surface area contributed by atoms with E-state index in [0.717, 1.165) is 0 Å². The van der Waals surface area contributed by atoms with Gasteiger partial charge in [-0.3, -0.25) is 4.79 Å². The maximum absolute atomic E-state index is 12.7. The number of aliphatic carboxylic acids is 1. The highest BCUT2D eigenvalue weighted by Gasteiger charge is 2.28. The number of halogens is 2. The predicted octanol–water partition coefficient (Wildman–Crippen LogP) is 1.14. The minimum absolute atomic E-state index is 0.471. The number of anilines is 1. The molecule has 92 valence electrons. The van der Waals surface area contributed by atoms with Crippen LogP contribution in [0.2, 0.25) is 0 Å². The highest BCUT2D eigenvalue weighted by atomic mass is 19.3. The van der Waals surface area contributed by atoms with E-state index in [1.165, 1.54) is 0 Å². The van der Waals surface area contributed by atoms with Crippen LogP contribution in [0.5, 0.6) is 0 Å². The molecule has 0 aliphatic heterocycles. The van der Waals surface area contributed by atoms with Crippen LogP contribution in [-0.2, 0) is 11.2 Å². The molecule has 0 fully saturated rings. The van der Waals surface area contributed by atoms with E-state index in [0.29, 0.717) is 6.20 Å². The molecular weight excluding hydrogens is 240 g/mol. The van der Waals surface area contributed by atoms with E-state index in [-0.39, 0.29) is 0 Å². The zero-order valence-electron chi connectivity index (χ0n) is 8.26. The molecule has 0 saturated carbocycles. The van der Waals surface area contributed by atoms with Gasteiger partial charge in [0, 0.05) is 0 Å². The van der Waals surface area contributed by atoms with Crippen molar-refractivity contribution in [2.45, 2.75) is 12.8 Å². The lowest BCUT2D eigenvalue weighted by molar-refractivity contribution is -0.390. The number of carbonyl (C=O) groups is 1. The fraction of sp³-hybridized carbons (Fsp3) is 0.250. The van der Waals surface area contributed by atoms with Crippen LogP contribution in [0.15, 0.2) is 6.20 Å². The molecule has 9 heteroatoms. The molecule has 0 atom stereocenters. The van der Waals surface area contributed by atoms with Crippen molar-refractivity contribution in [3.63, 3.8) is 0 Å². The third-order valence-electron chi connectivity index (χ3n) is 1.95. The number of pyridine rings is 1. The average Bonchev–Trinajstić information content (AvgIpc) is 2.15. The maximum atomic E-state index is 12.7. The van der Waals surface area contributed by atoms with Crippen molar-refractivity contribution in [1.82, 2.24) is 4.98 Å². The number of nitrogen functional groups attached to an aromatic ring is 1. The topological polar surface area (TPSA) is 119 Å². The number of aromatic nitrogens is 1. The molecule has 17 heavy (non-hydrogen) atoms. The summed E-state index contributed by atoms with van der Waals surface area (Å²) in [6.07, 6.45) is -3.33. The van der Waals surface area contributed by atoms with Crippen LogP contribution in [0.4, 0.5) is 20.3 Å². The molecule has 1 aromatic heterocycles. The number of rotatable bonds is 4. The van der Waals surface area contributed by atoms with Gasteiger partial charge in [-0.15, -0.1) is 0 Å². The van der Waals surface area contributed by atoms with Crippen molar-refractivity contribution in [2.24, 2.45) is 0 Å². The third kappa shape index (κ3) is 2.62. The molecule has 0 amide bonds. The number of carboxylic acids is 1. The quantitative estimate of drug-likeness (QED) is 0.608. The van der Waals surface area contributed by atoms with Gasteiger partial charge in [-0.2, -0.15) is 0 Å². The number of nitro groups is 1. The van der Waals surface area contributed by atoms with Crippen LogP contribution in [0, 0.1) is 10.1 Å². The number of nitrogens with zero attached hydrogens (tertiary/aromatic N) is 2. The van der Waals surface area contributed by atoms with E-state index in [2.05, 4.69) is 4.98 Å². The molecule has 3 N–H and O–H groups in total. The van der Waals surface area contributed by atoms with Crippen molar-refractivity contribution >= 4 is 17.5 Å². The summed E-state index contributed by atoms with van der Waals surface area (Å²) in [6, 6.07) is 0.